The van der Waals surface area contributed by atoms with Crippen molar-refractivity contribution in [3.63, 3.8) is 0 Å². The van der Waals surface area contributed by atoms with Gasteiger partial charge in [-0.2, -0.15) is 0 Å². The molecule has 0 N–H and O–H groups in total. The van der Waals surface area contributed by atoms with Crippen LogP contribution in [0.4, 0.5) is 0 Å². The molecule has 0 spiro atoms. The normalized spacial score (nSPS) is 18.2. The van der Waals surface area contributed by atoms with E-state index >= 15 is 0 Å². The zero-order chi connectivity index (χ0) is 18.6. The van der Waals surface area contributed by atoms with E-state index in [1.807, 2.05) is 6.92 Å². The molecule has 1 saturated heterocycles. The van der Waals surface area contributed by atoms with E-state index in [-0.39, 0.29) is 29.0 Å². The predicted molar refractivity (Wildman–Crippen MR) is 92.6 cm³/mol. The van der Waals surface area contributed by atoms with E-state index in [1.54, 1.807) is 4.90 Å². The summed E-state index contributed by atoms with van der Waals surface area (Å²) >= 11 is 0. The van der Waals surface area contributed by atoms with Crippen LogP contribution in [0.15, 0.2) is 29.2 Å². The fraction of sp³-hybridized carbons (Fsp3) is 0.529. The molecule has 0 aliphatic carbocycles. The van der Waals surface area contributed by atoms with Crippen molar-refractivity contribution < 1.29 is 22.7 Å². The highest BCUT2D eigenvalue weighted by Crippen LogP contribution is 2.17. The largest absolute Gasteiger partial charge is 0.452 e. The van der Waals surface area contributed by atoms with Gasteiger partial charge in [0, 0.05) is 26.7 Å². The minimum absolute atomic E-state index is 0.0901. The summed E-state index contributed by atoms with van der Waals surface area (Å²) in [6.07, 6.45) is 3.03. The lowest BCUT2D eigenvalue weighted by molar-refractivity contribution is -0.137. The van der Waals surface area contributed by atoms with Gasteiger partial charge in [0.15, 0.2) is 6.61 Å². The Balaban J connectivity index is 1.96. The van der Waals surface area contributed by atoms with E-state index in [0.29, 0.717) is 6.54 Å². The van der Waals surface area contributed by atoms with E-state index in [9.17, 15) is 18.0 Å². The van der Waals surface area contributed by atoms with E-state index in [2.05, 4.69) is 0 Å². The molecule has 0 unspecified atom stereocenters. The average molecular weight is 368 g/mol. The van der Waals surface area contributed by atoms with Gasteiger partial charge in [-0.25, -0.2) is 17.5 Å². The lowest BCUT2D eigenvalue weighted by atomic mass is 10.0. The number of carbonyl (C=O) groups excluding carboxylic acids is 2. The second kappa shape index (κ2) is 7.97. The van der Waals surface area contributed by atoms with Crippen LogP contribution in [0, 0.1) is 0 Å². The van der Waals surface area contributed by atoms with Crippen molar-refractivity contribution in [2.45, 2.75) is 37.1 Å². The molecule has 0 radical (unpaired) electrons. The third kappa shape index (κ3) is 4.58. The Morgan fingerprint density at radius 1 is 1.20 bits per heavy atom. The van der Waals surface area contributed by atoms with Crippen molar-refractivity contribution >= 4 is 21.9 Å². The lowest BCUT2D eigenvalue weighted by Crippen LogP contribution is -2.44. The van der Waals surface area contributed by atoms with Crippen LogP contribution in [0.3, 0.4) is 0 Å². The molecule has 1 aliphatic heterocycles. The third-order valence-corrected chi connectivity index (χ3v) is 6.15. The number of nitrogens with zero attached hydrogens (tertiary/aromatic N) is 2. The summed E-state index contributed by atoms with van der Waals surface area (Å²) in [5.74, 6) is -0.848. The zero-order valence-electron chi connectivity index (χ0n) is 14.8. The Hall–Kier alpha value is -1.93. The van der Waals surface area contributed by atoms with Crippen molar-refractivity contribution in [1.29, 1.82) is 0 Å². The molecule has 1 heterocycles. The number of hydrogen-bond donors (Lipinski definition) is 0. The van der Waals surface area contributed by atoms with E-state index in [0.717, 1.165) is 23.6 Å². The molecule has 25 heavy (non-hydrogen) atoms. The topological polar surface area (TPSA) is 84.0 Å². The van der Waals surface area contributed by atoms with Gasteiger partial charge in [0.05, 0.1) is 10.5 Å². The number of benzene rings is 1. The Bertz CT molecular complexity index is 728. The molecular weight excluding hydrogens is 344 g/mol. The second-order valence-corrected chi connectivity index (χ2v) is 8.47. The standard InChI is InChI=1S/C17H24N2O5S/c1-13-6-4-5-11-19(13)16(20)12-24-17(21)14-7-9-15(10-8-14)25(22,23)18(2)3/h7-10,13H,4-6,11-12H2,1-3H3/t13-/m0/s1. The molecular formula is C17H24N2O5S. The van der Waals surface area contributed by atoms with Crippen LogP contribution in [-0.2, 0) is 19.6 Å². The summed E-state index contributed by atoms with van der Waals surface area (Å²) in [7, 11) is -0.675. The Morgan fingerprint density at radius 3 is 2.40 bits per heavy atom. The number of rotatable bonds is 5. The van der Waals surface area contributed by atoms with Crippen LogP contribution in [0.1, 0.15) is 36.5 Å². The fourth-order valence-electron chi connectivity index (χ4n) is 2.74. The number of likely N-dealkylation sites (tertiary alicyclic amines) is 1. The number of esters is 1. The molecule has 0 bridgehead atoms. The van der Waals surface area contributed by atoms with E-state index in [4.69, 9.17) is 4.74 Å². The molecule has 1 fully saturated rings. The average Bonchev–Trinajstić information content (AvgIpc) is 2.59. The van der Waals surface area contributed by atoms with E-state index in [1.165, 1.54) is 38.4 Å². The van der Waals surface area contributed by atoms with Crippen LogP contribution < -0.4 is 0 Å². The summed E-state index contributed by atoms with van der Waals surface area (Å²) in [5, 5.41) is 0. The van der Waals surface area contributed by atoms with Gasteiger partial charge < -0.3 is 9.64 Å². The first kappa shape index (κ1) is 19.4. The molecule has 1 aliphatic rings. The third-order valence-electron chi connectivity index (χ3n) is 4.32. The van der Waals surface area contributed by atoms with Gasteiger partial charge >= 0.3 is 5.97 Å². The summed E-state index contributed by atoms with van der Waals surface area (Å²) in [6, 6.07) is 5.62. The minimum Gasteiger partial charge on any atom is -0.452 e. The number of ether oxygens (including phenoxy) is 1. The van der Waals surface area contributed by atoms with Gasteiger partial charge in [-0.3, -0.25) is 4.79 Å². The Kier molecular flexibility index (Phi) is 6.18. The minimum atomic E-state index is -3.55. The maximum absolute atomic E-state index is 12.2. The van der Waals surface area contributed by atoms with Crippen LogP contribution in [0.2, 0.25) is 0 Å². The molecule has 1 atom stereocenters. The highest BCUT2D eigenvalue weighted by Gasteiger charge is 2.24. The predicted octanol–water partition coefficient (Wildman–Crippen LogP) is 1.49. The van der Waals surface area contributed by atoms with E-state index < -0.39 is 16.0 Å². The van der Waals surface area contributed by atoms with Crippen molar-refractivity contribution in [3.05, 3.63) is 29.8 Å². The highest BCUT2D eigenvalue weighted by molar-refractivity contribution is 7.89. The molecule has 7 nitrogen and oxygen atoms in total. The van der Waals surface area contributed by atoms with Crippen molar-refractivity contribution in [2.75, 3.05) is 27.2 Å². The molecule has 0 aromatic heterocycles. The summed E-state index contributed by atoms with van der Waals surface area (Å²) in [6.45, 7) is 2.37. The van der Waals surface area contributed by atoms with Gasteiger partial charge in [0.1, 0.15) is 0 Å². The Labute approximate surface area is 148 Å². The van der Waals surface area contributed by atoms with Crippen LogP contribution >= 0.6 is 0 Å². The van der Waals surface area contributed by atoms with Gasteiger partial charge in [-0.05, 0) is 50.5 Å². The summed E-state index contributed by atoms with van der Waals surface area (Å²) in [4.78, 5) is 26.1. The molecule has 1 aromatic rings. The number of carbonyl (C=O) groups is 2. The lowest BCUT2D eigenvalue weighted by Gasteiger charge is -2.33. The Morgan fingerprint density at radius 2 is 1.84 bits per heavy atom. The van der Waals surface area contributed by atoms with Crippen molar-refractivity contribution in [1.82, 2.24) is 9.21 Å². The molecule has 0 saturated carbocycles. The summed E-state index contributed by atoms with van der Waals surface area (Å²) < 4.78 is 30.2. The van der Waals surface area contributed by atoms with Crippen molar-refractivity contribution in [3.8, 4) is 0 Å². The summed E-state index contributed by atoms with van der Waals surface area (Å²) in [5.41, 5.74) is 0.206. The van der Waals surface area contributed by atoms with Gasteiger partial charge in [0.2, 0.25) is 10.0 Å². The molecule has 138 valence electrons. The van der Waals surface area contributed by atoms with Crippen molar-refractivity contribution in [2.24, 2.45) is 0 Å². The van der Waals surface area contributed by atoms with Gasteiger partial charge in [-0.1, -0.05) is 0 Å². The molecule has 2 rings (SSSR count). The number of piperidine rings is 1. The van der Waals surface area contributed by atoms with Crippen LogP contribution in [0.5, 0.6) is 0 Å². The SMILES string of the molecule is C[C@H]1CCCCN1C(=O)COC(=O)c1ccc(S(=O)(=O)N(C)C)cc1. The van der Waals surface area contributed by atoms with Crippen LogP contribution in [0.25, 0.3) is 0 Å². The molecule has 8 heteroatoms. The fourth-order valence-corrected chi connectivity index (χ4v) is 3.64. The van der Waals surface area contributed by atoms with Crippen LogP contribution in [-0.4, -0.2) is 62.8 Å². The van der Waals surface area contributed by atoms with Gasteiger partial charge in [0.25, 0.3) is 5.91 Å². The smallest absolute Gasteiger partial charge is 0.338 e. The molecule has 1 amide bonds. The number of sulfonamides is 1. The highest BCUT2D eigenvalue weighted by atomic mass is 32.2. The van der Waals surface area contributed by atoms with Gasteiger partial charge in [-0.15, -0.1) is 0 Å². The monoisotopic (exact) mass is 368 g/mol. The quantitative estimate of drug-likeness (QED) is 0.736. The first-order valence-corrected chi connectivity index (χ1v) is 9.66. The first-order chi connectivity index (χ1) is 11.7. The zero-order valence-corrected chi connectivity index (χ0v) is 15.6. The first-order valence-electron chi connectivity index (χ1n) is 8.22. The molecule has 1 aromatic carbocycles. The maximum atomic E-state index is 12.2. The maximum Gasteiger partial charge on any atom is 0.338 e. The number of amides is 1. The second-order valence-electron chi connectivity index (χ2n) is 6.32. The number of hydrogen-bond acceptors (Lipinski definition) is 5.